The van der Waals surface area contributed by atoms with Crippen molar-refractivity contribution in [2.45, 2.75) is 52.9 Å². The lowest BCUT2D eigenvalue weighted by Crippen LogP contribution is -2.10. The molecular weight excluding hydrogens is 534 g/mol. The molecule has 44 heavy (non-hydrogen) atoms. The van der Waals surface area contributed by atoms with Gasteiger partial charge in [-0.1, -0.05) is 118 Å². The first-order chi connectivity index (χ1) is 21.7. The topological polar surface area (TPSA) is 37.8 Å². The predicted molar refractivity (Wildman–Crippen MR) is 189 cm³/mol. The summed E-state index contributed by atoms with van der Waals surface area (Å²) in [6.45, 7) is 9.24. The Bertz CT molecular complexity index is 1860. The number of nitrogens with zero attached hydrogens (tertiary/aromatic N) is 2. The van der Waals surface area contributed by atoms with Crippen molar-refractivity contribution >= 4 is 28.2 Å². The highest BCUT2D eigenvalue weighted by Crippen LogP contribution is 2.34. The van der Waals surface area contributed by atoms with Crippen molar-refractivity contribution < 1.29 is 0 Å². The van der Waals surface area contributed by atoms with Crippen LogP contribution in [-0.4, -0.2) is 16.5 Å². The van der Waals surface area contributed by atoms with E-state index in [4.69, 9.17) is 4.98 Å². The second kappa shape index (κ2) is 13.3. The van der Waals surface area contributed by atoms with Gasteiger partial charge in [0.15, 0.2) is 0 Å². The molecule has 2 aliphatic rings. The van der Waals surface area contributed by atoms with Gasteiger partial charge in [-0.25, -0.2) is 4.98 Å². The summed E-state index contributed by atoms with van der Waals surface area (Å²) in [5, 5.41) is 4.84. The normalized spacial score (nSPS) is 15.7. The zero-order valence-electron chi connectivity index (χ0n) is 26.3. The van der Waals surface area contributed by atoms with Crippen LogP contribution in [0.5, 0.6) is 0 Å². The second-order valence-corrected chi connectivity index (χ2v) is 11.3. The third-order valence-corrected chi connectivity index (χ3v) is 8.70. The van der Waals surface area contributed by atoms with Gasteiger partial charge >= 0.3 is 0 Å². The van der Waals surface area contributed by atoms with E-state index in [1.165, 1.54) is 39.0 Å². The third-order valence-electron chi connectivity index (χ3n) is 8.70. The lowest BCUT2D eigenvalue weighted by Gasteiger charge is -2.19. The van der Waals surface area contributed by atoms with E-state index in [0.29, 0.717) is 0 Å². The summed E-state index contributed by atoms with van der Waals surface area (Å²) in [7, 11) is 0. The van der Waals surface area contributed by atoms with Crippen LogP contribution in [0, 0.1) is 0 Å². The zero-order valence-corrected chi connectivity index (χ0v) is 26.3. The number of aromatic nitrogens is 2. The molecule has 1 N–H and O–H groups in total. The van der Waals surface area contributed by atoms with Gasteiger partial charge in [-0.05, 0) is 77.3 Å². The fourth-order valence-electron chi connectivity index (χ4n) is 6.22. The number of pyridine rings is 2. The number of nitrogens with one attached hydrogen (secondary N) is 1. The first-order valence-electron chi connectivity index (χ1n) is 16.0. The van der Waals surface area contributed by atoms with Gasteiger partial charge in [0.05, 0.1) is 22.6 Å². The molecule has 0 saturated carbocycles. The minimum atomic E-state index is 0.290. The molecule has 0 radical (unpaired) electrons. The highest BCUT2D eigenvalue weighted by atomic mass is 14.9. The second-order valence-electron chi connectivity index (χ2n) is 11.3. The molecule has 0 amide bonds. The molecule has 220 valence electrons. The van der Waals surface area contributed by atoms with Crippen LogP contribution in [0.4, 0.5) is 5.69 Å². The van der Waals surface area contributed by atoms with Gasteiger partial charge in [-0.3, -0.25) is 4.98 Å². The number of anilines is 1. The Labute approximate surface area is 262 Å². The Morgan fingerprint density at radius 3 is 2.36 bits per heavy atom. The zero-order chi connectivity index (χ0) is 30.5. The van der Waals surface area contributed by atoms with E-state index in [1.54, 1.807) is 0 Å². The molecule has 1 aliphatic carbocycles. The molecule has 3 heterocycles. The average Bonchev–Trinajstić information content (AvgIpc) is 3.32. The molecule has 2 aromatic heterocycles. The lowest BCUT2D eigenvalue weighted by atomic mass is 9.89. The summed E-state index contributed by atoms with van der Waals surface area (Å²) < 4.78 is 0. The number of rotatable bonds is 5. The molecule has 3 aromatic carbocycles. The van der Waals surface area contributed by atoms with Crippen LogP contribution in [0.1, 0.15) is 68.8 Å². The Kier molecular flexibility index (Phi) is 8.84. The van der Waals surface area contributed by atoms with Crippen molar-refractivity contribution in [3.8, 4) is 22.4 Å². The van der Waals surface area contributed by atoms with Gasteiger partial charge in [0.2, 0.25) is 0 Å². The van der Waals surface area contributed by atoms with Gasteiger partial charge < -0.3 is 5.32 Å². The Morgan fingerprint density at radius 2 is 1.59 bits per heavy atom. The number of allylic oxidation sites excluding steroid dienone is 4. The van der Waals surface area contributed by atoms with Crippen molar-refractivity contribution in [1.82, 2.24) is 9.97 Å². The summed E-state index contributed by atoms with van der Waals surface area (Å²) in [6.07, 6.45) is 14.2. The molecule has 0 saturated heterocycles. The fraction of sp³-hybridized carbons (Fsp3) is 0.220. The maximum atomic E-state index is 5.12. The molecule has 1 aliphatic heterocycles. The van der Waals surface area contributed by atoms with Gasteiger partial charge in [0, 0.05) is 29.6 Å². The first-order valence-corrected chi connectivity index (χ1v) is 16.0. The van der Waals surface area contributed by atoms with E-state index >= 15 is 0 Å². The van der Waals surface area contributed by atoms with E-state index < -0.39 is 0 Å². The minimum Gasteiger partial charge on any atom is -0.382 e. The van der Waals surface area contributed by atoms with Crippen molar-refractivity contribution in [2.24, 2.45) is 0 Å². The number of hydrogen-bond donors (Lipinski definition) is 1. The molecule has 3 heteroatoms. The van der Waals surface area contributed by atoms with Crippen molar-refractivity contribution in [2.75, 3.05) is 11.9 Å². The summed E-state index contributed by atoms with van der Waals surface area (Å²) >= 11 is 0. The van der Waals surface area contributed by atoms with Crippen LogP contribution in [0.25, 0.3) is 44.9 Å². The Balaban J connectivity index is 0.00000168. The highest BCUT2D eigenvalue weighted by Gasteiger charge is 2.18. The van der Waals surface area contributed by atoms with Crippen molar-refractivity contribution in [3.05, 3.63) is 137 Å². The smallest absolute Gasteiger partial charge is 0.0939 e. The minimum absolute atomic E-state index is 0.290. The Morgan fingerprint density at radius 1 is 0.841 bits per heavy atom. The maximum absolute atomic E-state index is 5.12. The monoisotopic (exact) mass is 575 g/mol. The Hall–Kier alpha value is -4.76. The average molecular weight is 576 g/mol. The number of hydrogen-bond acceptors (Lipinski definition) is 3. The summed E-state index contributed by atoms with van der Waals surface area (Å²) in [6, 6.07) is 30.7. The van der Waals surface area contributed by atoms with Crippen molar-refractivity contribution in [1.29, 1.82) is 0 Å². The van der Waals surface area contributed by atoms with Crippen LogP contribution in [0.2, 0.25) is 0 Å². The number of fused-ring (bicyclic) bond motifs is 4. The highest BCUT2D eigenvalue weighted by molar-refractivity contribution is 5.95. The van der Waals surface area contributed by atoms with Crippen LogP contribution < -0.4 is 5.32 Å². The van der Waals surface area contributed by atoms with E-state index in [1.807, 2.05) is 26.1 Å². The van der Waals surface area contributed by atoms with E-state index in [2.05, 4.69) is 127 Å². The van der Waals surface area contributed by atoms with E-state index in [0.717, 1.165) is 59.3 Å². The summed E-state index contributed by atoms with van der Waals surface area (Å²) in [5.74, 6) is 0.290. The summed E-state index contributed by atoms with van der Waals surface area (Å²) in [4.78, 5) is 9.75. The SMILES string of the molecule is CC.CC/C=C\C1=C(C)c2nc(-c3ccc(-c4ccc(C5C=Cc6ccc7cccnc7c6NC5)cc4)cc3)ccc2CC1. The number of benzene rings is 3. The van der Waals surface area contributed by atoms with Crippen LogP contribution in [-0.2, 0) is 6.42 Å². The van der Waals surface area contributed by atoms with Crippen LogP contribution in [0.15, 0.2) is 115 Å². The molecule has 1 atom stereocenters. The molecule has 3 nitrogen and oxygen atoms in total. The third kappa shape index (κ3) is 5.88. The standard InChI is InChI=1S/C39H35N3.C2H6/c1-3-4-6-27-8-17-33-22-23-36(42-37(33)26(27)2)31-15-13-29(14-16-31)28-9-11-30(12-10-28)35-21-20-34-19-18-32-7-5-24-40-38(32)39(34)41-25-35;1-2/h4-7,9-16,18-24,35,41H,3,8,17,25H2,1-2H3;1-2H3/b6-4-;. The van der Waals surface area contributed by atoms with Gasteiger partial charge in [0.1, 0.15) is 0 Å². The first kappa shape index (κ1) is 29.3. The molecule has 0 spiro atoms. The molecule has 1 unspecified atom stereocenters. The largest absolute Gasteiger partial charge is 0.382 e. The van der Waals surface area contributed by atoms with Gasteiger partial charge in [0.25, 0.3) is 0 Å². The number of aryl methyl sites for hydroxylation is 1. The van der Waals surface area contributed by atoms with Crippen molar-refractivity contribution in [3.63, 3.8) is 0 Å². The quantitative estimate of drug-likeness (QED) is 0.226. The summed E-state index contributed by atoms with van der Waals surface area (Å²) in [5.41, 5.74) is 14.5. The van der Waals surface area contributed by atoms with Gasteiger partial charge in [-0.15, -0.1) is 0 Å². The molecular formula is C41H41N3. The molecule has 7 rings (SSSR count). The van der Waals surface area contributed by atoms with Gasteiger partial charge in [-0.2, -0.15) is 0 Å². The molecule has 0 bridgehead atoms. The van der Waals surface area contributed by atoms with Crippen LogP contribution >= 0.6 is 0 Å². The molecule has 0 fully saturated rings. The fourth-order valence-corrected chi connectivity index (χ4v) is 6.22. The lowest BCUT2D eigenvalue weighted by molar-refractivity contribution is 0.897. The maximum Gasteiger partial charge on any atom is 0.0939 e. The predicted octanol–water partition coefficient (Wildman–Crippen LogP) is 10.9. The van der Waals surface area contributed by atoms with E-state index in [9.17, 15) is 0 Å². The molecule has 5 aromatic rings. The van der Waals surface area contributed by atoms with Crippen LogP contribution in [0.3, 0.4) is 0 Å². The van der Waals surface area contributed by atoms with E-state index in [-0.39, 0.29) is 5.92 Å².